The van der Waals surface area contributed by atoms with Crippen molar-refractivity contribution in [2.45, 2.75) is 19.0 Å². The number of nitrogens with zero attached hydrogens (tertiary/aromatic N) is 2. The highest BCUT2D eigenvalue weighted by Gasteiger charge is 2.31. The number of carbonyl (C=O) groups excluding carboxylic acids is 1. The third kappa shape index (κ3) is 4.69. The van der Waals surface area contributed by atoms with Crippen LogP contribution in [0.2, 0.25) is 0 Å². The van der Waals surface area contributed by atoms with Crippen LogP contribution < -0.4 is 10.2 Å². The molecule has 0 spiro atoms. The summed E-state index contributed by atoms with van der Waals surface area (Å²) in [4.78, 5) is 19.3. The second-order valence-corrected chi connectivity index (χ2v) is 9.13. The molecule has 3 heterocycles. The molecule has 2 atom stereocenters. The van der Waals surface area contributed by atoms with E-state index in [0.717, 1.165) is 36.7 Å². The number of halogens is 1. The van der Waals surface area contributed by atoms with Gasteiger partial charge in [0.05, 0.1) is 10.9 Å². The Balaban J connectivity index is 1.45. The van der Waals surface area contributed by atoms with Gasteiger partial charge in [0.15, 0.2) is 0 Å². The van der Waals surface area contributed by atoms with Gasteiger partial charge in [0, 0.05) is 42.8 Å². The van der Waals surface area contributed by atoms with Crippen LogP contribution >= 0.6 is 22.7 Å². The zero-order valence-corrected chi connectivity index (χ0v) is 17.9. The molecule has 1 aliphatic rings. The molecule has 1 amide bonds. The molecule has 0 aliphatic carbocycles. The standard InChI is InChI=1S/C22H24FN3OS2/c1-16(24-22(27)20-5-3-15-29-20)21(19-4-2-14-28-19)26-12-10-25(11-13-26)18-8-6-17(23)7-9-18/h2-9,14-16,21H,10-13H2,1H3,(H,24,27)/t16-,21+/m1/s1. The van der Waals surface area contributed by atoms with E-state index in [1.807, 2.05) is 29.6 Å². The zero-order chi connectivity index (χ0) is 20.2. The molecule has 7 heteroatoms. The molecule has 4 rings (SSSR count). The predicted octanol–water partition coefficient (Wildman–Crippen LogP) is 4.63. The monoisotopic (exact) mass is 429 g/mol. The average Bonchev–Trinajstić information content (AvgIpc) is 3.44. The van der Waals surface area contributed by atoms with E-state index in [1.54, 1.807) is 11.3 Å². The van der Waals surface area contributed by atoms with Crippen LogP contribution in [0.5, 0.6) is 0 Å². The molecule has 1 aliphatic heterocycles. The second-order valence-electron chi connectivity index (χ2n) is 7.20. The lowest BCUT2D eigenvalue weighted by atomic mass is 10.0. The van der Waals surface area contributed by atoms with E-state index in [-0.39, 0.29) is 23.8 Å². The summed E-state index contributed by atoms with van der Waals surface area (Å²) in [6.45, 7) is 5.61. The molecule has 3 aromatic rings. The largest absolute Gasteiger partial charge is 0.369 e. The van der Waals surface area contributed by atoms with Gasteiger partial charge in [-0.15, -0.1) is 22.7 Å². The summed E-state index contributed by atoms with van der Waals surface area (Å²) < 4.78 is 13.2. The first-order chi connectivity index (χ1) is 14.1. The SMILES string of the molecule is C[C@@H](NC(=O)c1cccs1)[C@@H](c1cccs1)N1CCN(c2ccc(F)cc2)CC1. The van der Waals surface area contributed by atoms with Gasteiger partial charge in [-0.1, -0.05) is 12.1 Å². The number of rotatable bonds is 6. The van der Waals surface area contributed by atoms with Crippen molar-refractivity contribution in [3.8, 4) is 0 Å². The Morgan fingerprint density at radius 2 is 1.69 bits per heavy atom. The molecule has 0 saturated carbocycles. The van der Waals surface area contributed by atoms with E-state index < -0.39 is 0 Å². The molecule has 1 aromatic carbocycles. The van der Waals surface area contributed by atoms with Crippen LogP contribution in [0.1, 0.15) is 27.5 Å². The minimum absolute atomic E-state index is 0.0133. The van der Waals surface area contributed by atoms with Crippen LogP contribution in [0.15, 0.2) is 59.3 Å². The van der Waals surface area contributed by atoms with Crippen molar-refractivity contribution in [1.29, 1.82) is 0 Å². The first-order valence-electron chi connectivity index (χ1n) is 9.74. The molecule has 152 valence electrons. The van der Waals surface area contributed by atoms with Gasteiger partial charge in [0.1, 0.15) is 5.82 Å². The Kier molecular flexibility index (Phi) is 6.28. The van der Waals surface area contributed by atoms with E-state index in [0.29, 0.717) is 0 Å². The number of piperazine rings is 1. The minimum atomic E-state index is -0.208. The Bertz CT molecular complexity index is 904. The van der Waals surface area contributed by atoms with Crippen LogP contribution in [-0.2, 0) is 0 Å². The zero-order valence-electron chi connectivity index (χ0n) is 16.3. The van der Waals surface area contributed by atoms with Crippen molar-refractivity contribution in [2.75, 3.05) is 31.1 Å². The number of thiophene rings is 2. The summed E-state index contributed by atoms with van der Waals surface area (Å²) in [6.07, 6.45) is 0. The molecular formula is C22H24FN3OS2. The van der Waals surface area contributed by atoms with Gasteiger partial charge in [-0.3, -0.25) is 9.69 Å². The average molecular weight is 430 g/mol. The summed E-state index contributed by atoms with van der Waals surface area (Å²) in [5.41, 5.74) is 1.05. The number of carbonyl (C=O) groups is 1. The number of hydrogen-bond acceptors (Lipinski definition) is 5. The van der Waals surface area contributed by atoms with Gasteiger partial charge < -0.3 is 10.2 Å². The molecule has 2 aromatic heterocycles. The van der Waals surface area contributed by atoms with Crippen molar-refractivity contribution >= 4 is 34.3 Å². The third-order valence-corrected chi connectivity index (χ3v) is 7.12. The molecule has 1 N–H and O–H groups in total. The van der Waals surface area contributed by atoms with E-state index in [4.69, 9.17) is 0 Å². The number of nitrogens with one attached hydrogen (secondary N) is 1. The maximum Gasteiger partial charge on any atom is 0.261 e. The lowest BCUT2D eigenvalue weighted by molar-refractivity contribution is 0.0894. The number of hydrogen-bond donors (Lipinski definition) is 1. The minimum Gasteiger partial charge on any atom is -0.369 e. The van der Waals surface area contributed by atoms with Crippen LogP contribution in [0.25, 0.3) is 0 Å². The van der Waals surface area contributed by atoms with Crippen LogP contribution in [0, 0.1) is 5.82 Å². The smallest absolute Gasteiger partial charge is 0.261 e. The van der Waals surface area contributed by atoms with Crippen LogP contribution in [0.4, 0.5) is 10.1 Å². The van der Waals surface area contributed by atoms with E-state index in [9.17, 15) is 9.18 Å². The maximum absolute atomic E-state index is 13.2. The normalized spacial score (nSPS) is 17.1. The van der Waals surface area contributed by atoms with Gasteiger partial charge in [0.2, 0.25) is 0 Å². The topological polar surface area (TPSA) is 35.6 Å². The van der Waals surface area contributed by atoms with Crippen LogP contribution in [0.3, 0.4) is 0 Å². The molecule has 29 heavy (non-hydrogen) atoms. The second kappa shape index (κ2) is 9.07. The van der Waals surface area contributed by atoms with Crippen LogP contribution in [-0.4, -0.2) is 43.0 Å². The summed E-state index contributed by atoms with van der Waals surface area (Å²) >= 11 is 3.19. The van der Waals surface area contributed by atoms with Gasteiger partial charge in [-0.2, -0.15) is 0 Å². The molecule has 0 bridgehead atoms. The van der Waals surface area contributed by atoms with Gasteiger partial charge in [-0.25, -0.2) is 4.39 Å². The Hall–Kier alpha value is -2.22. The number of anilines is 1. The fourth-order valence-corrected chi connectivity index (χ4v) is 5.47. The van der Waals surface area contributed by atoms with Crippen molar-refractivity contribution in [1.82, 2.24) is 10.2 Å². The lowest BCUT2D eigenvalue weighted by Crippen LogP contribution is -2.52. The lowest BCUT2D eigenvalue weighted by Gasteiger charge is -2.42. The van der Waals surface area contributed by atoms with Crippen molar-refractivity contribution in [3.63, 3.8) is 0 Å². The Labute approximate surface area is 178 Å². The van der Waals surface area contributed by atoms with Gasteiger partial charge in [0.25, 0.3) is 5.91 Å². The Morgan fingerprint density at radius 1 is 1.00 bits per heavy atom. The number of amides is 1. The quantitative estimate of drug-likeness (QED) is 0.621. The molecule has 4 nitrogen and oxygen atoms in total. The summed E-state index contributed by atoms with van der Waals surface area (Å²) in [6, 6.07) is 14.8. The van der Waals surface area contributed by atoms with E-state index >= 15 is 0 Å². The molecule has 1 saturated heterocycles. The molecular weight excluding hydrogens is 405 g/mol. The third-order valence-electron chi connectivity index (χ3n) is 5.31. The first-order valence-corrected chi connectivity index (χ1v) is 11.5. The van der Waals surface area contributed by atoms with Crippen molar-refractivity contribution in [2.24, 2.45) is 0 Å². The van der Waals surface area contributed by atoms with E-state index in [1.165, 1.54) is 28.3 Å². The summed E-state index contributed by atoms with van der Waals surface area (Å²) in [5.74, 6) is -0.223. The maximum atomic E-state index is 13.2. The first kappa shape index (κ1) is 20.1. The molecule has 0 unspecified atom stereocenters. The highest BCUT2D eigenvalue weighted by atomic mass is 32.1. The summed E-state index contributed by atoms with van der Waals surface area (Å²) in [5, 5.41) is 7.21. The van der Waals surface area contributed by atoms with Gasteiger partial charge in [-0.05, 0) is 54.1 Å². The fraction of sp³-hybridized carbons (Fsp3) is 0.318. The highest BCUT2D eigenvalue weighted by molar-refractivity contribution is 7.12. The predicted molar refractivity (Wildman–Crippen MR) is 118 cm³/mol. The Morgan fingerprint density at radius 3 is 2.31 bits per heavy atom. The highest BCUT2D eigenvalue weighted by Crippen LogP contribution is 2.30. The summed E-state index contributed by atoms with van der Waals surface area (Å²) in [7, 11) is 0. The van der Waals surface area contributed by atoms with E-state index in [2.05, 4.69) is 39.6 Å². The van der Waals surface area contributed by atoms with Crippen molar-refractivity contribution < 1.29 is 9.18 Å². The van der Waals surface area contributed by atoms with Crippen molar-refractivity contribution in [3.05, 3.63) is 74.9 Å². The fourth-order valence-electron chi connectivity index (χ4n) is 3.88. The number of benzene rings is 1. The van der Waals surface area contributed by atoms with Gasteiger partial charge >= 0.3 is 0 Å². The molecule has 1 fully saturated rings. The molecule has 0 radical (unpaired) electrons.